The van der Waals surface area contributed by atoms with Crippen LogP contribution in [0, 0.1) is 12.7 Å². The van der Waals surface area contributed by atoms with Gasteiger partial charge in [-0.25, -0.2) is 4.39 Å². The lowest BCUT2D eigenvalue weighted by atomic mass is 9.90. The third-order valence-electron chi connectivity index (χ3n) is 7.20. The van der Waals surface area contributed by atoms with Crippen molar-refractivity contribution < 1.29 is 38.4 Å². The van der Waals surface area contributed by atoms with Crippen LogP contribution < -0.4 is 14.8 Å². The van der Waals surface area contributed by atoms with Gasteiger partial charge in [0.1, 0.15) is 18.0 Å². The van der Waals surface area contributed by atoms with Gasteiger partial charge in [-0.15, -0.1) is 0 Å². The minimum Gasteiger partial charge on any atom is -0.493 e. The zero-order valence-corrected chi connectivity index (χ0v) is 22.9. The van der Waals surface area contributed by atoms with Crippen molar-refractivity contribution in [2.75, 3.05) is 26.9 Å². The average Bonchev–Trinajstić information content (AvgIpc) is 3.51. The molecule has 0 spiro atoms. The second-order valence-corrected chi connectivity index (χ2v) is 10.1. The topological polar surface area (TPSA) is 118 Å². The minimum atomic E-state index is -0.589. The number of nitrogens with one attached hydrogen (secondary N) is 1. The van der Waals surface area contributed by atoms with Crippen LogP contribution in [0.4, 0.5) is 4.39 Å². The van der Waals surface area contributed by atoms with Gasteiger partial charge in [0.2, 0.25) is 5.91 Å². The SMILES string of the molecule is COc1cc(CO)cc(C)c1OC1C=C(C(=O)NCCO)CC(N(Cc2ccc(F)cc2)C(=O)C2CCCO2)C1. The van der Waals surface area contributed by atoms with Gasteiger partial charge in [-0.2, -0.15) is 0 Å². The number of aliphatic hydroxyl groups is 2. The molecule has 1 saturated heterocycles. The van der Waals surface area contributed by atoms with Crippen molar-refractivity contribution >= 4 is 11.8 Å². The van der Waals surface area contributed by atoms with Gasteiger partial charge in [-0.05, 0) is 73.2 Å². The van der Waals surface area contributed by atoms with Crippen molar-refractivity contribution in [3.8, 4) is 11.5 Å². The number of benzene rings is 2. The van der Waals surface area contributed by atoms with Gasteiger partial charge >= 0.3 is 0 Å². The fourth-order valence-corrected chi connectivity index (χ4v) is 5.23. The number of nitrogens with zero attached hydrogens (tertiary/aromatic N) is 1. The lowest BCUT2D eigenvalue weighted by Crippen LogP contribution is -2.49. The van der Waals surface area contributed by atoms with Crippen LogP contribution in [-0.2, 0) is 27.5 Å². The summed E-state index contributed by atoms with van der Waals surface area (Å²) in [5.41, 5.74) is 2.62. The second-order valence-electron chi connectivity index (χ2n) is 10.1. The molecule has 0 radical (unpaired) electrons. The highest BCUT2D eigenvalue weighted by atomic mass is 19.1. The zero-order valence-electron chi connectivity index (χ0n) is 22.9. The minimum absolute atomic E-state index is 0.0933. The number of amides is 2. The van der Waals surface area contributed by atoms with Gasteiger partial charge in [0, 0.05) is 37.7 Å². The van der Waals surface area contributed by atoms with Gasteiger partial charge in [0.05, 0.1) is 20.3 Å². The third kappa shape index (κ3) is 7.18. The molecule has 40 heavy (non-hydrogen) atoms. The highest BCUT2D eigenvalue weighted by Gasteiger charge is 2.37. The number of halogens is 1. The number of carbonyl (C=O) groups excluding carboxylic acids is 2. The summed E-state index contributed by atoms with van der Waals surface area (Å²) >= 11 is 0. The summed E-state index contributed by atoms with van der Waals surface area (Å²) in [4.78, 5) is 28.5. The molecule has 3 N–H and O–H groups in total. The molecule has 216 valence electrons. The van der Waals surface area contributed by atoms with E-state index in [1.165, 1.54) is 19.2 Å². The van der Waals surface area contributed by atoms with E-state index in [0.717, 1.165) is 17.5 Å². The highest BCUT2D eigenvalue weighted by molar-refractivity contribution is 5.94. The maximum atomic E-state index is 13.7. The number of methoxy groups -OCH3 is 1. The maximum Gasteiger partial charge on any atom is 0.252 e. The Balaban J connectivity index is 1.67. The summed E-state index contributed by atoms with van der Waals surface area (Å²) in [6, 6.07) is 9.08. The molecule has 1 fully saturated rings. The average molecular weight is 557 g/mol. The van der Waals surface area contributed by atoms with E-state index in [2.05, 4.69) is 5.32 Å². The van der Waals surface area contributed by atoms with E-state index in [4.69, 9.17) is 14.2 Å². The first-order valence-electron chi connectivity index (χ1n) is 13.5. The molecule has 1 aliphatic carbocycles. The Morgan fingerprint density at radius 3 is 2.60 bits per heavy atom. The van der Waals surface area contributed by atoms with Crippen molar-refractivity contribution in [2.24, 2.45) is 0 Å². The fourth-order valence-electron chi connectivity index (χ4n) is 5.23. The lowest BCUT2D eigenvalue weighted by molar-refractivity contribution is -0.145. The van der Waals surface area contributed by atoms with Crippen LogP contribution in [0.15, 0.2) is 48.0 Å². The molecule has 3 atom stereocenters. The molecule has 4 rings (SSSR count). The Hall–Kier alpha value is -3.47. The Kier molecular flexibility index (Phi) is 10.1. The molecule has 0 saturated carbocycles. The monoisotopic (exact) mass is 556 g/mol. The third-order valence-corrected chi connectivity index (χ3v) is 7.20. The van der Waals surface area contributed by atoms with Crippen LogP contribution in [0.25, 0.3) is 0 Å². The summed E-state index contributed by atoms with van der Waals surface area (Å²) in [6.45, 7) is 2.31. The van der Waals surface area contributed by atoms with Crippen LogP contribution in [0.1, 0.15) is 42.4 Å². The van der Waals surface area contributed by atoms with Crippen molar-refractivity contribution in [1.29, 1.82) is 0 Å². The molecule has 2 aromatic carbocycles. The van der Waals surface area contributed by atoms with E-state index in [0.29, 0.717) is 42.1 Å². The second kappa shape index (κ2) is 13.7. The van der Waals surface area contributed by atoms with E-state index >= 15 is 0 Å². The van der Waals surface area contributed by atoms with Crippen LogP contribution in [-0.4, -0.2) is 72.0 Å². The molecule has 2 amide bonds. The molecular formula is C30H37FN2O7. The van der Waals surface area contributed by atoms with E-state index in [-0.39, 0.29) is 50.4 Å². The first-order chi connectivity index (χ1) is 19.3. The van der Waals surface area contributed by atoms with E-state index in [9.17, 15) is 24.2 Å². The highest BCUT2D eigenvalue weighted by Crippen LogP contribution is 2.36. The Morgan fingerprint density at radius 2 is 1.95 bits per heavy atom. The van der Waals surface area contributed by atoms with Crippen molar-refractivity contribution in [1.82, 2.24) is 10.2 Å². The first kappa shape index (κ1) is 29.5. The Labute approximate surface area is 233 Å². The first-order valence-corrected chi connectivity index (χ1v) is 13.5. The number of aliphatic hydroxyl groups excluding tert-OH is 2. The largest absolute Gasteiger partial charge is 0.493 e. The molecule has 10 heteroatoms. The van der Waals surface area contributed by atoms with E-state index in [1.807, 2.05) is 6.92 Å². The van der Waals surface area contributed by atoms with Crippen LogP contribution in [0.5, 0.6) is 11.5 Å². The predicted molar refractivity (Wildman–Crippen MR) is 145 cm³/mol. The summed E-state index contributed by atoms with van der Waals surface area (Å²) in [7, 11) is 1.51. The molecule has 2 aliphatic rings. The normalized spacial score (nSPS) is 20.5. The quantitative estimate of drug-likeness (QED) is 0.390. The molecule has 0 aromatic heterocycles. The number of carbonyl (C=O) groups is 2. The predicted octanol–water partition coefficient (Wildman–Crippen LogP) is 2.79. The fraction of sp³-hybridized carbons (Fsp3) is 0.467. The molecule has 3 unspecified atom stereocenters. The smallest absolute Gasteiger partial charge is 0.252 e. The van der Waals surface area contributed by atoms with Crippen LogP contribution in [0.3, 0.4) is 0 Å². The maximum absolute atomic E-state index is 13.7. The molecule has 1 aliphatic heterocycles. The van der Waals surface area contributed by atoms with Gasteiger partial charge in [-0.1, -0.05) is 12.1 Å². The number of hydrogen-bond donors (Lipinski definition) is 3. The molecule has 9 nitrogen and oxygen atoms in total. The summed E-state index contributed by atoms with van der Waals surface area (Å²) in [6.07, 6.45) is 2.64. The molecule has 2 aromatic rings. The Bertz CT molecular complexity index is 1210. The van der Waals surface area contributed by atoms with Gasteiger partial charge in [0.25, 0.3) is 5.91 Å². The van der Waals surface area contributed by atoms with Crippen LogP contribution in [0.2, 0.25) is 0 Å². The van der Waals surface area contributed by atoms with Crippen molar-refractivity contribution in [3.05, 3.63) is 70.6 Å². The standard InChI is InChI=1S/C30H37FN2O7/c1-19-12-21(18-35)13-27(38-2)28(19)40-25-15-22(29(36)32-9-10-34)14-24(16-25)33(30(37)26-4-3-11-39-26)17-20-5-7-23(31)8-6-20/h5-8,12-13,15,24-26,34-35H,3-4,9-11,14,16-18H2,1-2H3,(H,32,36). The van der Waals surface area contributed by atoms with Crippen molar-refractivity contribution in [2.45, 2.75) is 64.0 Å². The number of aryl methyl sites for hydroxylation is 1. The number of ether oxygens (including phenoxy) is 3. The van der Waals surface area contributed by atoms with Gasteiger partial charge < -0.3 is 34.6 Å². The molecule has 0 bridgehead atoms. The Morgan fingerprint density at radius 1 is 1.18 bits per heavy atom. The summed E-state index contributed by atoms with van der Waals surface area (Å²) < 4.78 is 31.3. The van der Waals surface area contributed by atoms with Crippen LogP contribution >= 0.6 is 0 Å². The van der Waals surface area contributed by atoms with Gasteiger partial charge in [0.15, 0.2) is 11.5 Å². The lowest BCUT2D eigenvalue weighted by Gasteiger charge is -2.38. The molecule has 1 heterocycles. The summed E-state index contributed by atoms with van der Waals surface area (Å²) in [5.74, 6) is 0.0347. The van der Waals surface area contributed by atoms with E-state index < -0.39 is 18.2 Å². The zero-order chi connectivity index (χ0) is 28.6. The van der Waals surface area contributed by atoms with Gasteiger partial charge in [-0.3, -0.25) is 9.59 Å². The molecular weight excluding hydrogens is 519 g/mol. The van der Waals surface area contributed by atoms with E-state index in [1.54, 1.807) is 35.2 Å². The number of rotatable bonds is 11. The van der Waals surface area contributed by atoms with Crippen molar-refractivity contribution in [3.63, 3.8) is 0 Å². The number of hydrogen-bond acceptors (Lipinski definition) is 7. The summed E-state index contributed by atoms with van der Waals surface area (Å²) in [5, 5.41) is 21.5.